The monoisotopic (exact) mass is 185 g/mol. The summed E-state index contributed by atoms with van der Waals surface area (Å²) in [7, 11) is 0. The van der Waals surface area contributed by atoms with Gasteiger partial charge in [0, 0.05) is 11.6 Å². The number of halogens is 1. The zero-order valence-electron chi connectivity index (χ0n) is 7.29. The molecule has 1 unspecified atom stereocenters. The maximum absolute atomic E-state index is 13.1. The third kappa shape index (κ3) is 2.09. The van der Waals surface area contributed by atoms with Crippen molar-refractivity contribution in [1.82, 2.24) is 0 Å². The first kappa shape index (κ1) is 9.80. The van der Waals surface area contributed by atoms with Gasteiger partial charge in [-0.15, -0.1) is 0 Å². The Balaban J connectivity index is 3.10. The Labute approximate surface area is 75.6 Å². The first-order valence-electron chi connectivity index (χ1n) is 3.97. The molecule has 13 heavy (non-hydrogen) atoms. The van der Waals surface area contributed by atoms with E-state index in [9.17, 15) is 9.50 Å². The van der Waals surface area contributed by atoms with Crippen molar-refractivity contribution in [1.29, 1.82) is 0 Å². The van der Waals surface area contributed by atoms with Crippen LogP contribution in [0, 0.1) is 5.82 Å². The van der Waals surface area contributed by atoms with Crippen LogP contribution in [-0.4, -0.2) is 16.3 Å². The molecule has 3 nitrogen and oxygen atoms in total. The Morgan fingerprint density at radius 2 is 2.08 bits per heavy atom. The predicted molar refractivity (Wildman–Crippen MR) is 47.1 cm³/mol. The van der Waals surface area contributed by atoms with Gasteiger partial charge in [0.05, 0.1) is 0 Å². The summed E-state index contributed by atoms with van der Waals surface area (Å²) in [6.07, 6.45) is 0.200. The van der Waals surface area contributed by atoms with Gasteiger partial charge in [0.15, 0.2) is 11.5 Å². The minimum atomic E-state index is -0.549. The topological polar surface area (TPSA) is 66.5 Å². The SMILES string of the molecule is CC(N)Cc1c(F)ccc(O)c1O. The number of phenolic OH excluding ortho intramolecular Hbond substituents is 2. The summed E-state index contributed by atoms with van der Waals surface area (Å²) in [6.45, 7) is 1.70. The molecular formula is C9H12FNO2. The molecule has 72 valence electrons. The van der Waals surface area contributed by atoms with E-state index in [1.807, 2.05) is 0 Å². The molecule has 1 aromatic rings. The molecule has 0 aliphatic carbocycles. The lowest BCUT2D eigenvalue weighted by molar-refractivity contribution is 0.392. The average molecular weight is 185 g/mol. The van der Waals surface area contributed by atoms with Crippen LogP contribution in [0.5, 0.6) is 11.5 Å². The van der Waals surface area contributed by atoms with Gasteiger partial charge in [-0.2, -0.15) is 0 Å². The van der Waals surface area contributed by atoms with Crippen LogP contribution in [0.1, 0.15) is 12.5 Å². The van der Waals surface area contributed by atoms with Gasteiger partial charge < -0.3 is 15.9 Å². The van der Waals surface area contributed by atoms with E-state index in [1.54, 1.807) is 6.92 Å². The molecular weight excluding hydrogens is 173 g/mol. The van der Waals surface area contributed by atoms with Crippen LogP contribution >= 0.6 is 0 Å². The molecule has 0 aliphatic rings. The van der Waals surface area contributed by atoms with Crippen molar-refractivity contribution in [2.24, 2.45) is 5.73 Å². The highest BCUT2D eigenvalue weighted by Gasteiger charge is 2.13. The van der Waals surface area contributed by atoms with Crippen LogP contribution in [0.4, 0.5) is 4.39 Å². The molecule has 0 aromatic heterocycles. The molecule has 0 saturated heterocycles. The Bertz CT molecular complexity index is 313. The summed E-state index contributed by atoms with van der Waals surface area (Å²) in [4.78, 5) is 0. The minimum absolute atomic E-state index is 0.0648. The third-order valence-electron chi connectivity index (χ3n) is 1.73. The van der Waals surface area contributed by atoms with Gasteiger partial charge in [0.1, 0.15) is 5.82 Å². The lowest BCUT2D eigenvalue weighted by atomic mass is 10.1. The first-order chi connectivity index (χ1) is 6.02. The molecule has 0 heterocycles. The van der Waals surface area contributed by atoms with Crippen molar-refractivity contribution >= 4 is 0 Å². The van der Waals surface area contributed by atoms with Crippen LogP contribution in [-0.2, 0) is 6.42 Å². The predicted octanol–water partition coefficient (Wildman–Crippen LogP) is 1.13. The van der Waals surface area contributed by atoms with Crippen molar-refractivity contribution in [2.45, 2.75) is 19.4 Å². The standard InChI is InChI=1S/C9H12FNO2/c1-5(11)4-6-7(10)2-3-8(12)9(6)13/h2-3,5,12-13H,4,11H2,1H3. The van der Waals surface area contributed by atoms with Gasteiger partial charge in [-0.25, -0.2) is 4.39 Å². The van der Waals surface area contributed by atoms with E-state index in [2.05, 4.69) is 0 Å². The van der Waals surface area contributed by atoms with Crippen LogP contribution in [0.25, 0.3) is 0 Å². The van der Waals surface area contributed by atoms with Crippen molar-refractivity contribution in [2.75, 3.05) is 0 Å². The Morgan fingerprint density at radius 3 is 2.62 bits per heavy atom. The van der Waals surface area contributed by atoms with Crippen molar-refractivity contribution in [3.05, 3.63) is 23.5 Å². The second-order valence-electron chi connectivity index (χ2n) is 3.08. The van der Waals surface area contributed by atoms with Crippen LogP contribution in [0.15, 0.2) is 12.1 Å². The number of phenols is 2. The molecule has 4 heteroatoms. The third-order valence-corrected chi connectivity index (χ3v) is 1.73. The molecule has 0 radical (unpaired) electrons. The molecule has 1 atom stereocenters. The van der Waals surface area contributed by atoms with E-state index < -0.39 is 11.6 Å². The number of aromatic hydroxyl groups is 2. The molecule has 0 saturated carbocycles. The van der Waals surface area contributed by atoms with E-state index in [0.29, 0.717) is 0 Å². The maximum atomic E-state index is 13.1. The van der Waals surface area contributed by atoms with Crippen LogP contribution < -0.4 is 5.73 Å². The molecule has 0 spiro atoms. The van der Waals surface area contributed by atoms with Crippen molar-refractivity contribution in [3.63, 3.8) is 0 Å². The van der Waals surface area contributed by atoms with Gasteiger partial charge in [0.2, 0.25) is 0 Å². The highest BCUT2D eigenvalue weighted by Crippen LogP contribution is 2.31. The van der Waals surface area contributed by atoms with E-state index in [-0.39, 0.29) is 23.8 Å². The number of benzene rings is 1. The molecule has 4 N–H and O–H groups in total. The van der Waals surface area contributed by atoms with E-state index >= 15 is 0 Å². The Hall–Kier alpha value is -1.29. The largest absolute Gasteiger partial charge is 0.504 e. The minimum Gasteiger partial charge on any atom is -0.504 e. The quantitative estimate of drug-likeness (QED) is 0.605. The lowest BCUT2D eigenvalue weighted by Crippen LogP contribution is -2.18. The van der Waals surface area contributed by atoms with E-state index in [0.717, 1.165) is 12.1 Å². The van der Waals surface area contributed by atoms with Gasteiger partial charge in [-0.05, 0) is 25.5 Å². The zero-order valence-corrected chi connectivity index (χ0v) is 7.29. The van der Waals surface area contributed by atoms with Crippen molar-refractivity contribution < 1.29 is 14.6 Å². The average Bonchev–Trinajstić information content (AvgIpc) is 2.05. The number of hydrogen-bond donors (Lipinski definition) is 3. The normalized spacial score (nSPS) is 12.8. The summed E-state index contributed by atoms with van der Waals surface area (Å²) in [5.41, 5.74) is 5.52. The Morgan fingerprint density at radius 1 is 1.46 bits per heavy atom. The van der Waals surface area contributed by atoms with Crippen LogP contribution in [0.3, 0.4) is 0 Å². The van der Waals surface area contributed by atoms with Gasteiger partial charge in [0.25, 0.3) is 0 Å². The molecule has 0 amide bonds. The summed E-state index contributed by atoms with van der Waals surface area (Å²) < 4.78 is 13.1. The smallest absolute Gasteiger partial charge is 0.163 e. The summed E-state index contributed by atoms with van der Waals surface area (Å²) in [6, 6.07) is 1.95. The Kier molecular flexibility index (Phi) is 2.72. The second-order valence-corrected chi connectivity index (χ2v) is 3.08. The first-order valence-corrected chi connectivity index (χ1v) is 3.97. The molecule has 1 rings (SSSR count). The summed E-state index contributed by atoms with van der Waals surface area (Å²) >= 11 is 0. The molecule has 1 aromatic carbocycles. The number of hydrogen-bond acceptors (Lipinski definition) is 3. The van der Waals surface area contributed by atoms with Crippen LogP contribution in [0.2, 0.25) is 0 Å². The highest BCUT2D eigenvalue weighted by molar-refractivity contribution is 5.45. The number of rotatable bonds is 2. The highest BCUT2D eigenvalue weighted by atomic mass is 19.1. The summed E-state index contributed by atoms with van der Waals surface area (Å²) in [5, 5.41) is 18.4. The molecule has 0 bridgehead atoms. The fraction of sp³-hybridized carbons (Fsp3) is 0.333. The van der Waals surface area contributed by atoms with E-state index in [1.165, 1.54) is 0 Å². The fourth-order valence-corrected chi connectivity index (χ4v) is 1.12. The molecule has 0 aliphatic heterocycles. The maximum Gasteiger partial charge on any atom is 0.163 e. The van der Waals surface area contributed by atoms with Gasteiger partial charge in [-0.3, -0.25) is 0 Å². The fourth-order valence-electron chi connectivity index (χ4n) is 1.12. The zero-order chi connectivity index (χ0) is 10.0. The summed E-state index contributed by atoms with van der Waals surface area (Å²) in [5.74, 6) is -1.29. The van der Waals surface area contributed by atoms with Gasteiger partial charge in [-0.1, -0.05) is 0 Å². The second kappa shape index (κ2) is 3.62. The van der Waals surface area contributed by atoms with Gasteiger partial charge >= 0.3 is 0 Å². The lowest BCUT2D eigenvalue weighted by Gasteiger charge is -2.09. The number of nitrogens with two attached hydrogens (primary N) is 1. The van der Waals surface area contributed by atoms with E-state index in [4.69, 9.17) is 10.8 Å². The molecule has 0 fully saturated rings. The van der Waals surface area contributed by atoms with Crippen molar-refractivity contribution in [3.8, 4) is 11.5 Å².